The van der Waals surface area contributed by atoms with E-state index >= 15 is 0 Å². The van der Waals surface area contributed by atoms with Gasteiger partial charge in [-0.05, 0) is 52.9 Å². The van der Waals surface area contributed by atoms with E-state index in [9.17, 15) is 4.79 Å². The number of fused-ring (bicyclic) bond motifs is 1. The van der Waals surface area contributed by atoms with Gasteiger partial charge in [0.15, 0.2) is 11.5 Å². The number of benzene rings is 1. The zero-order chi connectivity index (χ0) is 12.9. The molecule has 1 aliphatic carbocycles. The van der Waals surface area contributed by atoms with Crippen LogP contribution in [0.15, 0.2) is 10.5 Å². The van der Waals surface area contributed by atoms with Crippen LogP contribution in [0.4, 0.5) is 0 Å². The van der Waals surface area contributed by atoms with Gasteiger partial charge in [0.05, 0.1) is 10.9 Å². The number of aliphatic carboxylic acids is 1. The number of hydrogen-bond donors (Lipinski definition) is 1. The van der Waals surface area contributed by atoms with E-state index in [1.54, 1.807) is 0 Å². The Labute approximate surface area is 113 Å². The van der Waals surface area contributed by atoms with E-state index in [2.05, 4.69) is 15.9 Å². The Morgan fingerprint density at radius 3 is 2.72 bits per heavy atom. The monoisotopic (exact) mass is 312 g/mol. The second-order valence-electron chi connectivity index (χ2n) is 4.95. The lowest BCUT2D eigenvalue weighted by atomic mass is 9.88. The van der Waals surface area contributed by atoms with Gasteiger partial charge < -0.3 is 14.6 Å². The summed E-state index contributed by atoms with van der Waals surface area (Å²) in [5.41, 5.74) is 1.87. The topological polar surface area (TPSA) is 55.8 Å². The van der Waals surface area contributed by atoms with Crippen molar-refractivity contribution >= 4 is 21.9 Å². The lowest BCUT2D eigenvalue weighted by Crippen LogP contribution is -2.14. The Hall–Kier alpha value is -1.23. The van der Waals surface area contributed by atoms with Gasteiger partial charge >= 0.3 is 5.97 Å². The fourth-order valence-electron chi connectivity index (χ4n) is 2.69. The quantitative estimate of drug-likeness (QED) is 0.932. The van der Waals surface area contributed by atoms with Crippen molar-refractivity contribution in [2.24, 2.45) is 0 Å². The summed E-state index contributed by atoms with van der Waals surface area (Å²) in [4.78, 5) is 11.0. The zero-order valence-electron chi connectivity index (χ0n) is 9.96. The van der Waals surface area contributed by atoms with Gasteiger partial charge in [-0.25, -0.2) is 0 Å². The molecule has 0 atom stereocenters. The highest BCUT2D eigenvalue weighted by Gasteiger charge is 2.48. The van der Waals surface area contributed by atoms with Crippen LogP contribution in [0, 0.1) is 6.92 Å². The second kappa shape index (κ2) is 3.88. The third kappa shape index (κ3) is 1.68. The Bertz CT molecular complexity index is 534. The summed E-state index contributed by atoms with van der Waals surface area (Å²) in [6.45, 7) is 2.20. The zero-order valence-corrected chi connectivity index (χ0v) is 11.5. The molecule has 1 heterocycles. The summed E-state index contributed by atoms with van der Waals surface area (Å²) in [6, 6.07) is 1.98. The minimum absolute atomic E-state index is 0.180. The Morgan fingerprint density at radius 2 is 2.11 bits per heavy atom. The molecule has 1 aliphatic heterocycles. The van der Waals surface area contributed by atoms with Gasteiger partial charge in [0.1, 0.15) is 0 Å². The number of carbonyl (C=O) groups is 1. The lowest BCUT2D eigenvalue weighted by molar-refractivity contribution is -0.137. The van der Waals surface area contributed by atoms with Gasteiger partial charge in [0, 0.05) is 5.41 Å². The molecule has 0 bridgehead atoms. The maximum absolute atomic E-state index is 11.0. The maximum Gasteiger partial charge on any atom is 0.304 e. The molecule has 4 nitrogen and oxygen atoms in total. The van der Waals surface area contributed by atoms with Gasteiger partial charge in [-0.15, -0.1) is 0 Å². The van der Waals surface area contributed by atoms with E-state index in [-0.39, 0.29) is 18.6 Å². The molecule has 1 N–H and O–H groups in total. The average Bonchev–Trinajstić information content (AvgIpc) is 2.90. The minimum atomic E-state index is -0.749. The van der Waals surface area contributed by atoms with Crippen LogP contribution in [0.2, 0.25) is 0 Å². The second-order valence-corrected chi connectivity index (χ2v) is 5.80. The van der Waals surface area contributed by atoms with Crippen molar-refractivity contribution in [3.8, 4) is 11.5 Å². The highest BCUT2D eigenvalue weighted by molar-refractivity contribution is 9.10. The molecule has 1 aromatic carbocycles. The molecule has 1 saturated carbocycles. The third-order valence-corrected chi connectivity index (χ3v) is 4.35. The van der Waals surface area contributed by atoms with Crippen LogP contribution in [0.3, 0.4) is 0 Å². The van der Waals surface area contributed by atoms with E-state index in [0.717, 1.165) is 39.9 Å². The number of hydrogen-bond acceptors (Lipinski definition) is 3. The number of halogens is 1. The summed E-state index contributed by atoms with van der Waals surface area (Å²) >= 11 is 3.47. The van der Waals surface area contributed by atoms with Crippen LogP contribution in [-0.4, -0.2) is 17.9 Å². The number of rotatable bonds is 3. The fourth-order valence-corrected chi connectivity index (χ4v) is 3.21. The molecule has 0 amide bonds. The van der Waals surface area contributed by atoms with Gasteiger partial charge in [0.25, 0.3) is 0 Å². The molecule has 5 heteroatoms. The maximum atomic E-state index is 11.0. The van der Waals surface area contributed by atoms with Crippen LogP contribution in [0.5, 0.6) is 11.5 Å². The predicted molar refractivity (Wildman–Crippen MR) is 68.2 cm³/mol. The molecule has 3 rings (SSSR count). The molecule has 0 unspecified atom stereocenters. The Morgan fingerprint density at radius 1 is 1.44 bits per heavy atom. The van der Waals surface area contributed by atoms with Crippen molar-refractivity contribution in [2.75, 3.05) is 6.79 Å². The minimum Gasteiger partial charge on any atom is -0.481 e. The molecule has 1 fully saturated rings. The summed E-state index contributed by atoms with van der Waals surface area (Å²) < 4.78 is 11.7. The SMILES string of the molecule is Cc1c(C2(CC(=O)O)CC2)cc(Br)c2c1OCO2. The van der Waals surface area contributed by atoms with E-state index in [0.29, 0.717) is 0 Å². The van der Waals surface area contributed by atoms with Crippen molar-refractivity contribution in [3.05, 3.63) is 21.7 Å². The van der Waals surface area contributed by atoms with Gasteiger partial charge in [-0.2, -0.15) is 0 Å². The first-order valence-electron chi connectivity index (χ1n) is 5.84. The highest BCUT2D eigenvalue weighted by atomic mass is 79.9. The first kappa shape index (κ1) is 11.8. The van der Waals surface area contributed by atoms with E-state index < -0.39 is 5.97 Å². The van der Waals surface area contributed by atoms with Crippen LogP contribution >= 0.6 is 15.9 Å². The van der Waals surface area contributed by atoms with Crippen LogP contribution in [0.1, 0.15) is 30.4 Å². The summed E-state index contributed by atoms with van der Waals surface area (Å²) in [6.07, 6.45) is 2.03. The van der Waals surface area contributed by atoms with E-state index in [1.807, 2.05) is 13.0 Å². The first-order valence-corrected chi connectivity index (χ1v) is 6.64. The number of carboxylic acid groups (broad SMARTS) is 1. The normalized spacial score (nSPS) is 18.8. The van der Waals surface area contributed by atoms with E-state index in [1.165, 1.54) is 0 Å². The average molecular weight is 313 g/mol. The molecular formula is C13H13BrO4. The number of ether oxygens (including phenoxy) is 2. The molecule has 0 saturated heterocycles. The molecule has 96 valence electrons. The molecule has 1 aromatic rings. The van der Waals surface area contributed by atoms with Crippen molar-refractivity contribution in [3.63, 3.8) is 0 Å². The highest BCUT2D eigenvalue weighted by Crippen LogP contribution is 2.56. The van der Waals surface area contributed by atoms with Crippen LogP contribution in [-0.2, 0) is 10.2 Å². The largest absolute Gasteiger partial charge is 0.481 e. The molecule has 0 aromatic heterocycles. The Kier molecular flexibility index (Phi) is 2.55. The van der Waals surface area contributed by atoms with Crippen molar-refractivity contribution < 1.29 is 19.4 Å². The summed E-state index contributed by atoms with van der Waals surface area (Å²) in [5, 5.41) is 9.04. The van der Waals surface area contributed by atoms with Gasteiger partial charge in [-0.3, -0.25) is 4.79 Å². The standard InChI is InChI=1S/C13H13BrO4/c1-7-8(13(2-3-13)5-10(15)16)4-9(14)12-11(7)17-6-18-12/h4H,2-3,5-6H2,1H3,(H,15,16). The van der Waals surface area contributed by atoms with Gasteiger partial charge in [-0.1, -0.05) is 0 Å². The molecule has 0 radical (unpaired) electrons. The third-order valence-electron chi connectivity index (χ3n) is 3.76. The molecular weight excluding hydrogens is 300 g/mol. The van der Waals surface area contributed by atoms with Crippen molar-refractivity contribution in [2.45, 2.75) is 31.6 Å². The summed E-state index contributed by atoms with van der Waals surface area (Å²) in [5.74, 6) is 0.721. The first-order chi connectivity index (χ1) is 8.53. The van der Waals surface area contributed by atoms with Crippen molar-refractivity contribution in [1.29, 1.82) is 0 Å². The lowest BCUT2D eigenvalue weighted by Gasteiger charge is -2.18. The fraction of sp³-hybridized carbons (Fsp3) is 0.462. The number of carboxylic acids is 1. The predicted octanol–water partition coefficient (Wildman–Crippen LogP) is 2.99. The molecule has 0 spiro atoms. The van der Waals surface area contributed by atoms with Crippen molar-refractivity contribution in [1.82, 2.24) is 0 Å². The van der Waals surface area contributed by atoms with E-state index in [4.69, 9.17) is 14.6 Å². The van der Waals surface area contributed by atoms with Crippen LogP contribution < -0.4 is 9.47 Å². The van der Waals surface area contributed by atoms with Crippen LogP contribution in [0.25, 0.3) is 0 Å². The Balaban J connectivity index is 2.08. The molecule has 18 heavy (non-hydrogen) atoms. The van der Waals surface area contributed by atoms with Gasteiger partial charge in [0.2, 0.25) is 6.79 Å². The summed E-state index contributed by atoms with van der Waals surface area (Å²) in [7, 11) is 0. The molecule has 2 aliphatic rings. The smallest absolute Gasteiger partial charge is 0.304 e.